The van der Waals surface area contributed by atoms with Crippen LogP contribution in [0.1, 0.15) is 49.9 Å². The van der Waals surface area contributed by atoms with Crippen LogP contribution < -0.4 is 10.6 Å². The van der Waals surface area contributed by atoms with Gasteiger partial charge in [0.05, 0.1) is 5.69 Å². The van der Waals surface area contributed by atoms with Crippen molar-refractivity contribution in [2.24, 2.45) is 0 Å². The molecule has 5 nitrogen and oxygen atoms in total. The number of nitriles is 1. The average molecular weight is 333 g/mol. The molecule has 1 aliphatic carbocycles. The van der Waals surface area contributed by atoms with E-state index in [4.69, 9.17) is 0 Å². The number of allylic oxidation sites excluding steroid dienone is 2. The third-order valence-corrected chi connectivity index (χ3v) is 5.07. The van der Waals surface area contributed by atoms with Gasteiger partial charge in [0.2, 0.25) is 0 Å². The van der Waals surface area contributed by atoms with Crippen molar-refractivity contribution in [3.8, 4) is 6.07 Å². The maximum atomic E-state index is 9.32. The summed E-state index contributed by atoms with van der Waals surface area (Å²) in [6.45, 7) is 2.08. The number of fused-ring (bicyclic) bond motifs is 1. The van der Waals surface area contributed by atoms with Gasteiger partial charge >= 0.3 is 0 Å². The minimum Gasteiger partial charge on any atom is -0.366 e. The molecule has 1 atom stereocenters. The first-order chi connectivity index (χ1) is 12.3. The van der Waals surface area contributed by atoms with Gasteiger partial charge in [-0.3, -0.25) is 0 Å². The van der Waals surface area contributed by atoms with Crippen molar-refractivity contribution < 1.29 is 0 Å². The summed E-state index contributed by atoms with van der Waals surface area (Å²) >= 11 is 0. The largest absolute Gasteiger partial charge is 0.366 e. The Hall–Kier alpha value is -2.45. The molecule has 5 heteroatoms. The molecule has 1 saturated heterocycles. The fraction of sp³-hybridized carbons (Fsp3) is 0.450. The summed E-state index contributed by atoms with van der Waals surface area (Å²) in [5.41, 5.74) is 2.69. The lowest BCUT2D eigenvalue weighted by Gasteiger charge is -2.24. The van der Waals surface area contributed by atoms with Gasteiger partial charge in [0.25, 0.3) is 0 Å². The molecular formula is C20H23N5. The minimum absolute atomic E-state index is 0.419. The summed E-state index contributed by atoms with van der Waals surface area (Å²) in [6.07, 6.45) is 11.1. The SMILES string of the molecule is N#Cc1cc2cnc(N[C@H]3CCCNC3)cc2c(C2=CCCCC2)n1. The zero-order valence-corrected chi connectivity index (χ0v) is 14.4. The monoisotopic (exact) mass is 333 g/mol. The predicted octanol–water partition coefficient (Wildman–Crippen LogP) is 3.62. The Balaban J connectivity index is 1.74. The third-order valence-electron chi connectivity index (χ3n) is 5.07. The molecular weight excluding hydrogens is 310 g/mol. The average Bonchev–Trinajstić information content (AvgIpc) is 2.68. The Morgan fingerprint density at radius 2 is 2.20 bits per heavy atom. The van der Waals surface area contributed by atoms with Crippen molar-refractivity contribution in [3.63, 3.8) is 0 Å². The van der Waals surface area contributed by atoms with Crippen molar-refractivity contribution in [1.82, 2.24) is 15.3 Å². The second-order valence-electron chi connectivity index (χ2n) is 6.92. The Labute approximate surface area is 148 Å². The summed E-state index contributed by atoms with van der Waals surface area (Å²) < 4.78 is 0. The lowest BCUT2D eigenvalue weighted by atomic mass is 9.94. The first kappa shape index (κ1) is 16.0. The maximum Gasteiger partial charge on any atom is 0.141 e. The van der Waals surface area contributed by atoms with Gasteiger partial charge in [-0.15, -0.1) is 0 Å². The van der Waals surface area contributed by atoms with Crippen LogP contribution in [0.15, 0.2) is 24.4 Å². The molecule has 0 amide bonds. The van der Waals surface area contributed by atoms with E-state index in [0.717, 1.165) is 54.6 Å². The number of piperidine rings is 1. The highest BCUT2D eigenvalue weighted by Crippen LogP contribution is 2.32. The van der Waals surface area contributed by atoms with E-state index < -0.39 is 0 Å². The van der Waals surface area contributed by atoms with E-state index in [1.54, 1.807) is 0 Å². The zero-order valence-electron chi connectivity index (χ0n) is 14.4. The molecule has 2 N–H and O–H groups in total. The molecule has 0 saturated carbocycles. The molecule has 1 fully saturated rings. The molecule has 2 aromatic rings. The number of nitrogens with one attached hydrogen (secondary N) is 2. The van der Waals surface area contributed by atoms with Gasteiger partial charge in [0, 0.05) is 29.6 Å². The molecule has 0 bridgehead atoms. The first-order valence-corrected chi connectivity index (χ1v) is 9.21. The highest BCUT2D eigenvalue weighted by molar-refractivity contribution is 5.93. The lowest BCUT2D eigenvalue weighted by Crippen LogP contribution is -2.38. The number of anilines is 1. The van der Waals surface area contributed by atoms with Crippen LogP contribution in [0.5, 0.6) is 0 Å². The molecule has 0 unspecified atom stereocenters. The highest BCUT2D eigenvalue weighted by Gasteiger charge is 2.16. The van der Waals surface area contributed by atoms with E-state index in [1.165, 1.54) is 24.8 Å². The normalized spacial score (nSPS) is 20.8. The van der Waals surface area contributed by atoms with E-state index in [9.17, 15) is 5.26 Å². The molecule has 0 aromatic carbocycles. The first-order valence-electron chi connectivity index (χ1n) is 9.21. The van der Waals surface area contributed by atoms with Crippen LogP contribution >= 0.6 is 0 Å². The molecule has 1 aliphatic heterocycles. The topological polar surface area (TPSA) is 73.6 Å². The Morgan fingerprint density at radius 3 is 2.96 bits per heavy atom. The molecule has 2 aliphatic rings. The van der Waals surface area contributed by atoms with Gasteiger partial charge in [-0.25, -0.2) is 9.97 Å². The van der Waals surface area contributed by atoms with E-state index >= 15 is 0 Å². The summed E-state index contributed by atoms with van der Waals surface area (Å²) in [4.78, 5) is 9.20. The van der Waals surface area contributed by atoms with Crippen molar-refractivity contribution in [2.45, 2.75) is 44.6 Å². The van der Waals surface area contributed by atoms with Crippen LogP contribution in [0.25, 0.3) is 16.3 Å². The Morgan fingerprint density at radius 1 is 1.24 bits per heavy atom. The van der Waals surface area contributed by atoms with Crippen molar-refractivity contribution in [2.75, 3.05) is 18.4 Å². The Kier molecular flexibility index (Phi) is 4.62. The number of aromatic nitrogens is 2. The van der Waals surface area contributed by atoms with E-state index in [0.29, 0.717) is 11.7 Å². The summed E-state index contributed by atoms with van der Waals surface area (Å²) in [7, 11) is 0. The van der Waals surface area contributed by atoms with Crippen LogP contribution in [0.4, 0.5) is 5.82 Å². The standard InChI is InChI=1S/C20H23N5/c21-11-17-9-15-12-23-19(24-16-7-4-8-22-13-16)10-18(15)20(25-17)14-5-2-1-3-6-14/h5,9-10,12,16,22H,1-4,6-8,13H2,(H,23,24)/t16-/m0/s1. The predicted molar refractivity (Wildman–Crippen MR) is 100 cm³/mol. The molecule has 3 heterocycles. The number of hydrogen-bond donors (Lipinski definition) is 2. The zero-order chi connectivity index (χ0) is 17.1. The van der Waals surface area contributed by atoms with E-state index in [2.05, 4.69) is 38.8 Å². The van der Waals surface area contributed by atoms with Crippen LogP contribution in [0, 0.1) is 11.3 Å². The molecule has 2 aromatic heterocycles. The van der Waals surface area contributed by atoms with Gasteiger partial charge < -0.3 is 10.6 Å². The van der Waals surface area contributed by atoms with Crippen LogP contribution in [-0.2, 0) is 0 Å². The summed E-state index contributed by atoms with van der Waals surface area (Å²) in [5, 5.41) is 18.4. The summed E-state index contributed by atoms with van der Waals surface area (Å²) in [5.74, 6) is 0.894. The van der Waals surface area contributed by atoms with E-state index in [-0.39, 0.29) is 0 Å². The smallest absolute Gasteiger partial charge is 0.141 e. The quantitative estimate of drug-likeness (QED) is 0.897. The second-order valence-corrected chi connectivity index (χ2v) is 6.92. The fourth-order valence-corrected chi connectivity index (χ4v) is 3.76. The van der Waals surface area contributed by atoms with Gasteiger partial charge in [-0.05, 0) is 62.8 Å². The number of rotatable bonds is 3. The number of hydrogen-bond acceptors (Lipinski definition) is 5. The van der Waals surface area contributed by atoms with Gasteiger partial charge in [-0.2, -0.15) is 5.26 Å². The van der Waals surface area contributed by atoms with Crippen LogP contribution in [-0.4, -0.2) is 29.1 Å². The highest BCUT2D eigenvalue weighted by atomic mass is 15.1. The van der Waals surface area contributed by atoms with Gasteiger partial charge in [0.15, 0.2) is 0 Å². The van der Waals surface area contributed by atoms with E-state index in [1.807, 2.05) is 12.3 Å². The molecule has 4 rings (SSSR count). The van der Waals surface area contributed by atoms with Crippen molar-refractivity contribution in [1.29, 1.82) is 5.26 Å². The maximum absolute atomic E-state index is 9.32. The van der Waals surface area contributed by atoms with Crippen molar-refractivity contribution >= 4 is 22.2 Å². The molecule has 25 heavy (non-hydrogen) atoms. The Bertz CT molecular complexity index is 843. The molecule has 0 spiro atoms. The molecule has 128 valence electrons. The number of nitrogens with zero attached hydrogens (tertiary/aromatic N) is 3. The fourth-order valence-electron chi connectivity index (χ4n) is 3.76. The third kappa shape index (κ3) is 3.49. The molecule has 0 radical (unpaired) electrons. The van der Waals surface area contributed by atoms with Crippen molar-refractivity contribution in [3.05, 3.63) is 35.8 Å². The lowest BCUT2D eigenvalue weighted by molar-refractivity contribution is 0.479. The minimum atomic E-state index is 0.419. The number of pyridine rings is 2. The second kappa shape index (κ2) is 7.20. The van der Waals surface area contributed by atoms with Crippen LogP contribution in [0.3, 0.4) is 0 Å². The van der Waals surface area contributed by atoms with Gasteiger partial charge in [0.1, 0.15) is 17.6 Å². The summed E-state index contributed by atoms with van der Waals surface area (Å²) in [6, 6.07) is 6.54. The van der Waals surface area contributed by atoms with Gasteiger partial charge in [-0.1, -0.05) is 6.08 Å². The van der Waals surface area contributed by atoms with Crippen LogP contribution in [0.2, 0.25) is 0 Å².